The highest BCUT2D eigenvalue weighted by atomic mass is 35.5. The number of azide groups is 1. The smallest absolute Gasteiger partial charge is 0.154 e. The summed E-state index contributed by atoms with van der Waals surface area (Å²) in [6.45, 7) is 0. The van der Waals surface area contributed by atoms with Crippen molar-refractivity contribution < 1.29 is 8.78 Å². The minimum Gasteiger partial charge on any atom is -0.206 e. The van der Waals surface area contributed by atoms with Crippen molar-refractivity contribution >= 4 is 17.3 Å². The van der Waals surface area contributed by atoms with Gasteiger partial charge in [0.15, 0.2) is 5.82 Å². The lowest BCUT2D eigenvalue weighted by Gasteiger charge is -1.98. The van der Waals surface area contributed by atoms with Gasteiger partial charge < -0.3 is 0 Å². The van der Waals surface area contributed by atoms with Crippen LogP contribution < -0.4 is 0 Å². The van der Waals surface area contributed by atoms with Gasteiger partial charge in [-0.25, -0.2) is 8.78 Å². The van der Waals surface area contributed by atoms with Crippen LogP contribution in [0.2, 0.25) is 5.02 Å². The third-order valence-electron chi connectivity index (χ3n) is 1.16. The number of halogens is 3. The predicted octanol–water partition coefficient (Wildman–Crippen LogP) is 3.56. The molecule has 0 unspecified atom stereocenters. The lowest BCUT2D eigenvalue weighted by atomic mass is 10.3. The first-order valence-corrected chi connectivity index (χ1v) is 3.23. The Morgan fingerprint density at radius 3 is 2.67 bits per heavy atom. The van der Waals surface area contributed by atoms with Gasteiger partial charge in [0.2, 0.25) is 0 Å². The van der Waals surface area contributed by atoms with Crippen LogP contribution in [0.4, 0.5) is 14.5 Å². The van der Waals surface area contributed by atoms with E-state index in [1.165, 1.54) is 0 Å². The van der Waals surface area contributed by atoms with Crippen LogP contribution in [0.5, 0.6) is 0 Å². The van der Waals surface area contributed by atoms with Crippen molar-refractivity contribution in [1.82, 2.24) is 0 Å². The first-order chi connectivity index (χ1) is 5.66. The molecule has 0 saturated heterocycles. The second-order valence-corrected chi connectivity index (χ2v) is 2.29. The van der Waals surface area contributed by atoms with Crippen molar-refractivity contribution in [2.45, 2.75) is 0 Å². The highest BCUT2D eigenvalue weighted by Crippen LogP contribution is 2.27. The van der Waals surface area contributed by atoms with Gasteiger partial charge in [-0.3, -0.25) is 0 Å². The second-order valence-electron chi connectivity index (χ2n) is 1.88. The maximum atomic E-state index is 12.8. The van der Waals surface area contributed by atoms with Crippen molar-refractivity contribution in [2.24, 2.45) is 5.11 Å². The number of hydrogen-bond donors (Lipinski definition) is 0. The summed E-state index contributed by atoms with van der Waals surface area (Å²) in [7, 11) is 0. The molecule has 0 spiro atoms. The molecule has 1 aromatic carbocycles. The van der Waals surface area contributed by atoms with E-state index in [0.717, 1.165) is 12.1 Å². The molecule has 0 saturated carbocycles. The molecule has 0 fully saturated rings. The van der Waals surface area contributed by atoms with Crippen LogP contribution in [-0.2, 0) is 0 Å². The molecule has 0 aliphatic carbocycles. The summed E-state index contributed by atoms with van der Waals surface area (Å²) in [5.74, 6) is -1.98. The normalized spacial score (nSPS) is 9.25. The van der Waals surface area contributed by atoms with Gasteiger partial charge in [0.1, 0.15) is 11.5 Å². The maximum Gasteiger partial charge on any atom is 0.154 e. The van der Waals surface area contributed by atoms with E-state index in [1.807, 2.05) is 0 Å². The van der Waals surface area contributed by atoms with E-state index in [-0.39, 0.29) is 5.02 Å². The van der Waals surface area contributed by atoms with Crippen molar-refractivity contribution in [1.29, 1.82) is 0 Å². The number of nitrogens with zero attached hydrogens (tertiary/aromatic N) is 3. The molecule has 1 rings (SSSR count). The van der Waals surface area contributed by atoms with Crippen molar-refractivity contribution in [3.63, 3.8) is 0 Å². The quantitative estimate of drug-likeness (QED) is 0.281. The molecule has 12 heavy (non-hydrogen) atoms. The summed E-state index contributed by atoms with van der Waals surface area (Å²) in [4.78, 5) is 2.26. The van der Waals surface area contributed by atoms with Crippen molar-refractivity contribution in [3.8, 4) is 0 Å². The van der Waals surface area contributed by atoms with Gasteiger partial charge in [0, 0.05) is 4.91 Å². The van der Waals surface area contributed by atoms with Crippen LogP contribution in [0.25, 0.3) is 10.4 Å². The number of benzene rings is 1. The lowest BCUT2D eigenvalue weighted by molar-refractivity contribution is 0.587. The Morgan fingerprint density at radius 1 is 1.42 bits per heavy atom. The molecule has 0 bridgehead atoms. The van der Waals surface area contributed by atoms with Crippen molar-refractivity contribution in [2.75, 3.05) is 0 Å². The Labute approximate surface area is 71.2 Å². The highest BCUT2D eigenvalue weighted by molar-refractivity contribution is 6.31. The van der Waals surface area contributed by atoms with Crippen LogP contribution in [0.15, 0.2) is 17.2 Å². The van der Waals surface area contributed by atoms with Crippen molar-refractivity contribution in [3.05, 3.63) is 39.2 Å². The molecule has 0 N–H and O–H groups in total. The fourth-order valence-electron chi connectivity index (χ4n) is 0.653. The van der Waals surface area contributed by atoms with E-state index in [4.69, 9.17) is 17.1 Å². The average molecular weight is 190 g/mol. The minimum absolute atomic E-state index is 0.279. The zero-order chi connectivity index (χ0) is 9.14. The molecule has 6 heteroatoms. The monoisotopic (exact) mass is 189 g/mol. The Balaban J connectivity index is 3.42. The molecule has 1 aromatic rings. The van der Waals surface area contributed by atoms with Crippen LogP contribution in [0.1, 0.15) is 0 Å². The highest BCUT2D eigenvalue weighted by Gasteiger charge is 2.09. The number of rotatable bonds is 1. The summed E-state index contributed by atoms with van der Waals surface area (Å²) in [5, 5.41) is 2.53. The first-order valence-electron chi connectivity index (χ1n) is 2.85. The fraction of sp³-hybridized carbons (Fsp3) is 0. The Morgan fingerprint density at radius 2 is 2.08 bits per heavy atom. The van der Waals surface area contributed by atoms with Gasteiger partial charge in [-0.05, 0) is 17.7 Å². The standard InChI is InChI=1S/C6H2ClF2N3/c7-3-1-2-4(8)6(5(3)9)11-12-10/h1-2H. The first kappa shape index (κ1) is 8.77. The van der Waals surface area contributed by atoms with E-state index in [1.54, 1.807) is 0 Å². The van der Waals surface area contributed by atoms with Gasteiger partial charge in [-0.2, -0.15) is 0 Å². The van der Waals surface area contributed by atoms with Gasteiger partial charge in [-0.1, -0.05) is 16.7 Å². The van der Waals surface area contributed by atoms with Crippen LogP contribution >= 0.6 is 11.6 Å². The third kappa shape index (κ3) is 1.47. The summed E-state index contributed by atoms with van der Waals surface area (Å²) in [5.41, 5.74) is 7.24. The molecule has 62 valence electrons. The fourth-order valence-corrected chi connectivity index (χ4v) is 0.805. The molecule has 0 radical (unpaired) electrons. The van der Waals surface area contributed by atoms with Gasteiger partial charge in [-0.15, -0.1) is 0 Å². The summed E-state index contributed by atoms with van der Waals surface area (Å²) in [6, 6.07) is 1.97. The van der Waals surface area contributed by atoms with Gasteiger partial charge >= 0.3 is 0 Å². The molecule has 0 atom stereocenters. The van der Waals surface area contributed by atoms with E-state index >= 15 is 0 Å². The second kappa shape index (κ2) is 3.38. The molecule has 0 amide bonds. The Bertz CT molecular complexity index is 360. The minimum atomic E-state index is -1.05. The Kier molecular flexibility index (Phi) is 2.47. The van der Waals surface area contributed by atoms with Gasteiger partial charge in [0.25, 0.3) is 0 Å². The van der Waals surface area contributed by atoms with E-state index in [2.05, 4.69) is 10.0 Å². The van der Waals surface area contributed by atoms with Gasteiger partial charge in [0.05, 0.1) is 5.02 Å². The Hall–Kier alpha value is -1.32. The van der Waals surface area contributed by atoms with E-state index in [0.29, 0.717) is 0 Å². The molecule has 0 aromatic heterocycles. The SMILES string of the molecule is [N-]=[N+]=Nc1c(F)ccc(Cl)c1F. The summed E-state index contributed by atoms with van der Waals surface area (Å²) >= 11 is 5.30. The lowest BCUT2D eigenvalue weighted by Crippen LogP contribution is -1.82. The zero-order valence-corrected chi connectivity index (χ0v) is 6.39. The predicted molar refractivity (Wildman–Crippen MR) is 40.2 cm³/mol. The summed E-state index contributed by atoms with van der Waals surface area (Å²) < 4.78 is 25.5. The van der Waals surface area contributed by atoms with Crippen LogP contribution in [0, 0.1) is 11.6 Å². The number of hydrogen-bond acceptors (Lipinski definition) is 1. The average Bonchev–Trinajstić information content (AvgIpc) is 2.06. The molecule has 3 nitrogen and oxygen atoms in total. The largest absolute Gasteiger partial charge is 0.206 e. The topological polar surface area (TPSA) is 48.8 Å². The molecule has 0 heterocycles. The van der Waals surface area contributed by atoms with Crippen LogP contribution in [0.3, 0.4) is 0 Å². The van der Waals surface area contributed by atoms with E-state index in [9.17, 15) is 8.78 Å². The summed E-state index contributed by atoms with van der Waals surface area (Å²) in [6.07, 6.45) is 0. The van der Waals surface area contributed by atoms with Crippen LogP contribution in [-0.4, -0.2) is 0 Å². The molecular formula is C6H2ClF2N3. The molecule has 0 aliphatic heterocycles. The maximum absolute atomic E-state index is 12.8. The zero-order valence-electron chi connectivity index (χ0n) is 5.63. The van der Waals surface area contributed by atoms with E-state index < -0.39 is 17.3 Å². The molecular weight excluding hydrogens is 188 g/mol. The third-order valence-corrected chi connectivity index (χ3v) is 1.46. The molecule has 0 aliphatic rings.